The van der Waals surface area contributed by atoms with E-state index in [9.17, 15) is 28.9 Å². The van der Waals surface area contributed by atoms with Gasteiger partial charge in [-0.2, -0.15) is 0 Å². The van der Waals surface area contributed by atoms with Gasteiger partial charge in [0.15, 0.2) is 6.10 Å². The molecule has 0 amide bonds. The van der Waals surface area contributed by atoms with Crippen molar-refractivity contribution in [2.75, 3.05) is 26.4 Å². The number of carbonyl (C=O) groups is 3. The summed E-state index contributed by atoms with van der Waals surface area (Å²) in [5.74, 6) is -1.53. The molecule has 0 spiro atoms. The highest BCUT2D eigenvalue weighted by atomic mass is 31.2. The van der Waals surface area contributed by atoms with E-state index >= 15 is 0 Å². The van der Waals surface area contributed by atoms with Crippen LogP contribution in [0, 0.1) is 0 Å². The smallest absolute Gasteiger partial charge is 0.462 e. The molecule has 0 saturated heterocycles. The molecule has 12 heteroatoms. The van der Waals surface area contributed by atoms with E-state index in [0.717, 1.165) is 122 Å². The molecule has 0 heterocycles. The monoisotopic (exact) mass is 1060 g/mol. The second-order valence-corrected chi connectivity index (χ2v) is 20.5. The number of aliphatic hydroxyl groups excluding tert-OH is 1. The summed E-state index contributed by atoms with van der Waals surface area (Å²) in [7, 11) is -4.76. The molecular formula is C62H105O11P. The average Bonchev–Trinajstić information content (AvgIpc) is 3.39. The third kappa shape index (κ3) is 53.2. The van der Waals surface area contributed by atoms with Crippen molar-refractivity contribution in [1.82, 2.24) is 0 Å². The number of carbonyl (C=O) groups excluding carboxylic acids is 3. The van der Waals surface area contributed by atoms with Crippen molar-refractivity contribution in [2.45, 2.75) is 251 Å². The van der Waals surface area contributed by atoms with E-state index < -0.39 is 57.8 Å². The van der Waals surface area contributed by atoms with Crippen LogP contribution in [0.5, 0.6) is 0 Å². The quantitative estimate of drug-likeness (QED) is 0.0197. The number of ether oxygens (including phenoxy) is 3. The highest BCUT2D eigenvalue weighted by molar-refractivity contribution is 7.47. The first-order valence-electron chi connectivity index (χ1n) is 29.1. The maximum atomic E-state index is 12.9. The van der Waals surface area contributed by atoms with Gasteiger partial charge in [0.05, 0.1) is 19.8 Å². The zero-order chi connectivity index (χ0) is 54.1. The summed E-state index contributed by atoms with van der Waals surface area (Å²) in [4.78, 5) is 48.5. The van der Waals surface area contributed by atoms with Crippen LogP contribution in [0.25, 0.3) is 0 Å². The summed E-state index contributed by atoms with van der Waals surface area (Å²) in [6.07, 6.45) is 65.1. The minimum absolute atomic E-state index is 0.139. The summed E-state index contributed by atoms with van der Waals surface area (Å²) >= 11 is 0. The standard InChI is InChI=1S/C62H105O11P/c1-4-7-10-13-16-19-22-25-27-28-29-30-32-35-38-41-44-47-50-53-62(66)73-59(55-69-60(64)51-48-45-42-39-36-34-31-26-23-20-17-14-11-8-5-2)57-71-74(67,68)70-56-58(54-63)72-61(65)52-49-46-43-40-37-33-24-21-18-15-12-9-6-3/h7-8,10-11,16-17,19-20,25-27,29-31,36,39,58-59,63H,4-6,9,12-15,18,21-24,28,32-35,37-38,40-57H2,1-3H3,(H,67,68)/b10-7-,11-8-,19-16-,20-17-,27-25-,30-29-,31-26-,39-36-. The van der Waals surface area contributed by atoms with Crippen LogP contribution in [0.1, 0.15) is 239 Å². The molecule has 0 aromatic rings. The van der Waals surface area contributed by atoms with E-state index in [4.69, 9.17) is 23.3 Å². The molecule has 0 fully saturated rings. The normalized spacial score (nSPS) is 14.1. The third-order valence-corrected chi connectivity index (χ3v) is 13.0. The average molecular weight is 1060 g/mol. The van der Waals surface area contributed by atoms with Gasteiger partial charge in [-0.1, -0.05) is 221 Å². The second kappa shape index (κ2) is 55.6. The molecule has 2 N–H and O–H groups in total. The molecule has 0 aromatic heterocycles. The molecular weight excluding hydrogens is 952 g/mol. The Labute approximate surface area is 451 Å². The molecule has 0 aliphatic heterocycles. The van der Waals surface area contributed by atoms with E-state index in [-0.39, 0.29) is 25.9 Å². The van der Waals surface area contributed by atoms with Crippen LogP contribution in [0.3, 0.4) is 0 Å². The number of esters is 3. The number of phosphoric acid groups is 1. The Bertz CT molecular complexity index is 1610. The molecule has 0 saturated carbocycles. The topological polar surface area (TPSA) is 155 Å². The number of unbranched alkanes of at least 4 members (excludes halogenated alkanes) is 20. The van der Waals surface area contributed by atoms with Crippen molar-refractivity contribution in [3.05, 3.63) is 97.2 Å². The second-order valence-electron chi connectivity index (χ2n) is 19.0. The highest BCUT2D eigenvalue weighted by Gasteiger charge is 2.28. The summed E-state index contributed by atoms with van der Waals surface area (Å²) in [6.45, 7) is 4.36. The largest absolute Gasteiger partial charge is 0.472 e. The summed E-state index contributed by atoms with van der Waals surface area (Å²) in [5.41, 5.74) is 0. The molecule has 11 nitrogen and oxygen atoms in total. The van der Waals surface area contributed by atoms with Crippen LogP contribution in [-0.4, -0.2) is 66.5 Å². The van der Waals surface area contributed by atoms with Gasteiger partial charge in [0, 0.05) is 19.3 Å². The van der Waals surface area contributed by atoms with Crippen LogP contribution >= 0.6 is 7.82 Å². The van der Waals surface area contributed by atoms with E-state index in [1.54, 1.807) is 0 Å². The predicted octanol–water partition coefficient (Wildman–Crippen LogP) is 17.3. The van der Waals surface area contributed by atoms with Crippen molar-refractivity contribution in [1.29, 1.82) is 0 Å². The van der Waals surface area contributed by atoms with Gasteiger partial charge < -0.3 is 24.2 Å². The Morgan fingerprint density at radius 1 is 0.392 bits per heavy atom. The molecule has 0 aromatic carbocycles. The fraction of sp³-hybridized carbons (Fsp3) is 0.694. The zero-order valence-corrected chi connectivity index (χ0v) is 47.7. The van der Waals surface area contributed by atoms with Gasteiger partial charge in [-0.15, -0.1) is 0 Å². The van der Waals surface area contributed by atoms with E-state index in [2.05, 4.69) is 118 Å². The Kier molecular flexibility index (Phi) is 52.9. The third-order valence-electron chi connectivity index (χ3n) is 12.0. The Balaban J connectivity index is 4.81. The first-order valence-corrected chi connectivity index (χ1v) is 30.6. The minimum Gasteiger partial charge on any atom is -0.462 e. The summed E-state index contributed by atoms with van der Waals surface area (Å²) in [5, 5.41) is 9.81. The van der Waals surface area contributed by atoms with Crippen molar-refractivity contribution >= 4 is 25.7 Å². The molecule has 0 radical (unpaired) electrons. The number of allylic oxidation sites excluding steroid dienone is 16. The molecule has 0 aliphatic rings. The van der Waals surface area contributed by atoms with Gasteiger partial charge in [0.2, 0.25) is 0 Å². The Hall–Kier alpha value is -3.60. The fourth-order valence-corrected chi connectivity index (χ4v) is 8.42. The highest BCUT2D eigenvalue weighted by Crippen LogP contribution is 2.43. The fourth-order valence-electron chi connectivity index (χ4n) is 7.63. The van der Waals surface area contributed by atoms with Crippen LogP contribution in [0.15, 0.2) is 97.2 Å². The minimum atomic E-state index is -4.76. The number of phosphoric ester groups is 1. The lowest BCUT2D eigenvalue weighted by Gasteiger charge is -2.21. The lowest BCUT2D eigenvalue weighted by atomic mass is 10.0. The maximum Gasteiger partial charge on any atom is 0.472 e. The summed E-state index contributed by atoms with van der Waals surface area (Å²) < 4.78 is 39.5. The van der Waals surface area contributed by atoms with E-state index in [1.807, 2.05) is 0 Å². The lowest BCUT2D eigenvalue weighted by molar-refractivity contribution is -0.161. The zero-order valence-electron chi connectivity index (χ0n) is 46.8. The van der Waals surface area contributed by atoms with Gasteiger partial charge in [-0.05, 0) is 96.3 Å². The van der Waals surface area contributed by atoms with Crippen molar-refractivity contribution in [3.8, 4) is 0 Å². The first-order chi connectivity index (χ1) is 36.2. The molecule has 0 bridgehead atoms. The van der Waals surface area contributed by atoms with Crippen LogP contribution in [0.2, 0.25) is 0 Å². The van der Waals surface area contributed by atoms with E-state index in [1.165, 1.54) is 57.8 Å². The molecule has 0 rings (SSSR count). The van der Waals surface area contributed by atoms with Crippen LogP contribution < -0.4 is 0 Å². The van der Waals surface area contributed by atoms with Gasteiger partial charge in [0.25, 0.3) is 0 Å². The lowest BCUT2D eigenvalue weighted by Crippen LogP contribution is -2.30. The number of hydrogen-bond acceptors (Lipinski definition) is 10. The summed E-state index contributed by atoms with van der Waals surface area (Å²) in [6, 6.07) is 0. The number of hydrogen-bond donors (Lipinski definition) is 2. The van der Waals surface area contributed by atoms with Crippen molar-refractivity contribution < 1.29 is 52.2 Å². The van der Waals surface area contributed by atoms with Crippen LogP contribution in [-0.2, 0) is 42.2 Å². The van der Waals surface area contributed by atoms with Gasteiger partial charge in [-0.3, -0.25) is 23.4 Å². The molecule has 424 valence electrons. The van der Waals surface area contributed by atoms with Gasteiger partial charge in [-0.25, -0.2) is 4.57 Å². The number of rotatable bonds is 53. The Morgan fingerprint density at radius 3 is 1.11 bits per heavy atom. The van der Waals surface area contributed by atoms with Crippen molar-refractivity contribution in [2.24, 2.45) is 0 Å². The van der Waals surface area contributed by atoms with Crippen LogP contribution in [0.4, 0.5) is 0 Å². The molecule has 0 aliphatic carbocycles. The molecule has 3 atom stereocenters. The van der Waals surface area contributed by atoms with E-state index in [0.29, 0.717) is 19.3 Å². The SMILES string of the molecule is CC/C=C\C/C=C\C/C=C\C/C=C\CCCCCCCCC(=O)OC(COC(=O)CCCC/C=C\C/C=C\C/C=C\C/C=C\CC)COP(=O)(O)OCC(CO)OC(=O)CCCCCCCCCCCCCCC. The first kappa shape index (κ1) is 70.4. The Morgan fingerprint density at radius 2 is 0.703 bits per heavy atom. The number of aliphatic hydroxyl groups is 1. The maximum absolute atomic E-state index is 12.9. The van der Waals surface area contributed by atoms with Gasteiger partial charge in [0.1, 0.15) is 12.7 Å². The molecule has 74 heavy (non-hydrogen) atoms. The molecule has 3 unspecified atom stereocenters. The van der Waals surface area contributed by atoms with Crippen molar-refractivity contribution in [3.63, 3.8) is 0 Å². The van der Waals surface area contributed by atoms with Gasteiger partial charge >= 0.3 is 25.7 Å². The predicted molar refractivity (Wildman–Crippen MR) is 307 cm³/mol.